The summed E-state index contributed by atoms with van der Waals surface area (Å²) < 4.78 is 0. The Morgan fingerprint density at radius 2 is 2.15 bits per heavy atom. The van der Waals surface area contributed by atoms with Gasteiger partial charge < -0.3 is 21.6 Å². The molecular weight excluding hydrogens is 303 g/mol. The van der Waals surface area contributed by atoms with Gasteiger partial charge in [-0.25, -0.2) is 4.79 Å². The molecule has 0 radical (unpaired) electrons. The van der Waals surface area contributed by atoms with Gasteiger partial charge in [0.2, 0.25) is 0 Å². The molecule has 0 aliphatic carbocycles. The highest BCUT2D eigenvalue weighted by Crippen LogP contribution is 2.25. The molecule has 0 saturated carbocycles. The van der Waals surface area contributed by atoms with Crippen LogP contribution >= 0.6 is 23.2 Å². The summed E-state index contributed by atoms with van der Waals surface area (Å²) in [6, 6.07) is 4.17. The third-order valence-corrected chi connectivity index (χ3v) is 3.51. The van der Waals surface area contributed by atoms with Gasteiger partial charge >= 0.3 is 6.03 Å². The maximum absolute atomic E-state index is 12.0. The molecule has 2 amide bonds. The summed E-state index contributed by atoms with van der Waals surface area (Å²) in [6.07, 6.45) is 0.444. The Balaban J connectivity index is 2.84. The molecule has 0 fully saturated rings. The number of halogens is 2. The first kappa shape index (κ1) is 16.4. The smallest absolute Gasteiger partial charge is 0.320 e. The number of benzene rings is 1. The molecule has 110 valence electrons. The Bertz CT molecular complexity index is 536. The maximum Gasteiger partial charge on any atom is 0.320 e. The van der Waals surface area contributed by atoms with Crippen LogP contribution < -0.4 is 16.4 Å². The Morgan fingerprint density at radius 1 is 1.50 bits per heavy atom. The third kappa shape index (κ3) is 3.91. The first-order valence-electron chi connectivity index (χ1n) is 5.84. The topological polar surface area (TPSA) is 99.7 Å². The molecule has 0 bridgehead atoms. The van der Waals surface area contributed by atoms with Crippen LogP contribution in [0.1, 0.15) is 20.3 Å². The standard InChI is InChI=1S/C12H16Cl2N4O2/c1-3-12(2,10(15)18-20)17-11(19)16-9-6-7(13)4-5-8(9)14/h4-6,20H,3H2,1-2H3,(H2,15,18)(H2,16,17,19). The van der Waals surface area contributed by atoms with Crippen molar-refractivity contribution < 1.29 is 10.0 Å². The van der Waals surface area contributed by atoms with E-state index in [1.807, 2.05) is 0 Å². The zero-order chi connectivity index (χ0) is 15.3. The number of rotatable bonds is 4. The second-order valence-corrected chi connectivity index (χ2v) is 5.22. The molecule has 6 nitrogen and oxygen atoms in total. The van der Waals surface area contributed by atoms with Gasteiger partial charge in [0.1, 0.15) is 0 Å². The number of carbonyl (C=O) groups excluding carboxylic acids is 1. The van der Waals surface area contributed by atoms with E-state index in [2.05, 4.69) is 15.8 Å². The third-order valence-electron chi connectivity index (χ3n) is 2.95. The summed E-state index contributed by atoms with van der Waals surface area (Å²) >= 11 is 11.8. The van der Waals surface area contributed by atoms with Gasteiger partial charge in [-0.15, -0.1) is 0 Å². The fourth-order valence-corrected chi connectivity index (χ4v) is 1.78. The lowest BCUT2D eigenvalue weighted by molar-refractivity contribution is 0.244. The van der Waals surface area contributed by atoms with E-state index in [0.29, 0.717) is 22.2 Å². The zero-order valence-corrected chi connectivity index (χ0v) is 12.6. The molecule has 0 aromatic heterocycles. The van der Waals surface area contributed by atoms with Crippen molar-refractivity contribution in [3.8, 4) is 0 Å². The lowest BCUT2D eigenvalue weighted by atomic mass is 9.98. The van der Waals surface area contributed by atoms with Crippen LogP contribution in [0.2, 0.25) is 10.0 Å². The molecule has 1 rings (SSSR count). The number of amides is 2. The van der Waals surface area contributed by atoms with Crippen LogP contribution in [0.5, 0.6) is 0 Å². The summed E-state index contributed by atoms with van der Waals surface area (Å²) in [4.78, 5) is 12.0. The van der Waals surface area contributed by atoms with Crippen molar-refractivity contribution in [3.05, 3.63) is 28.2 Å². The molecule has 1 aromatic carbocycles. The summed E-state index contributed by atoms with van der Waals surface area (Å²) in [5.41, 5.74) is 4.97. The minimum atomic E-state index is -0.968. The minimum absolute atomic E-state index is 0.0904. The number of amidine groups is 1. The zero-order valence-electron chi connectivity index (χ0n) is 11.1. The van der Waals surface area contributed by atoms with E-state index in [0.717, 1.165) is 0 Å². The van der Waals surface area contributed by atoms with Crippen molar-refractivity contribution in [1.82, 2.24) is 5.32 Å². The summed E-state index contributed by atoms with van der Waals surface area (Å²) in [5, 5.41) is 17.6. The first-order valence-corrected chi connectivity index (χ1v) is 6.60. The number of hydrogen-bond acceptors (Lipinski definition) is 3. The van der Waals surface area contributed by atoms with E-state index in [9.17, 15) is 4.79 Å². The van der Waals surface area contributed by atoms with Crippen LogP contribution in [0.25, 0.3) is 0 Å². The van der Waals surface area contributed by atoms with E-state index in [1.165, 1.54) is 6.07 Å². The second kappa shape index (κ2) is 6.67. The number of urea groups is 1. The molecular formula is C12H16Cl2N4O2. The predicted molar refractivity (Wildman–Crippen MR) is 80.7 cm³/mol. The number of nitrogens with one attached hydrogen (secondary N) is 2. The normalized spacial score (nSPS) is 14.5. The second-order valence-electron chi connectivity index (χ2n) is 4.37. The van der Waals surface area contributed by atoms with Gasteiger partial charge in [-0.2, -0.15) is 0 Å². The number of oxime groups is 1. The highest BCUT2D eigenvalue weighted by molar-refractivity contribution is 6.35. The van der Waals surface area contributed by atoms with Gasteiger partial charge in [0, 0.05) is 5.02 Å². The van der Waals surface area contributed by atoms with Crippen molar-refractivity contribution in [2.45, 2.75) is 25.8 Å². The van der Waals surface area contributed by atoms with Gasteiger partial charge in [-0.3, -0.25) is 0 Å². The molecule has 0 spiro atoms. The molecule has 0 saturated heterocycles. The lowest BCUT2D eigenvalue weighted by Crippen LogP contribution is -2.56. The monoisotopic (exact) mass is 318 g/mol. The molecule has 5 N–H and O–H groups in total. The largest absolute Gasteiger partial charge is 0.409 e. The van der Waals surface area contributed by atoms with Crippen LogP contribution in [-0.2, 0) is 0 Å². The van der Waals surface area contributed by atoms with Crippen LogP contribution in [0.15, 0.2) is 23.4 Å². The van der Waals surface area contributed by atoms with Crippen molar-refractivity contribution in [3.63, 3.8) is 0 Å². The number of anilines is 1. The van der Waals surface area contributed by atoms with Crippen molar-refractivity contribution >= 4 is 40.8 Å². The molecule has 0 heterocycles. The predicted octanol–water partition coefficient (Wildman–Crippen LogP) is 3.03. The Morgan fingerprint density at radius 3 is 2.70 bits per heavy atom. The van der Waals surface area contributed by atoms with Crippen LogP contribution in [0.4, 0.5) is 10.5 Å². The van der Waals surface area contributed by atoms with Crippen LogP contribution in [-0.4, -0.2) is 22.6 Å². The fraction of sp³-hybridized carbons (Fsp3) is 0.333. The lowest BCUT2D eigenvalue weighted by Gasteiger charge is -2.28. The van der Waals surface area contributed by atoms with Crippen LogP contribution in [0, 0.1) is 0 Å². The van der Waals surface area contributed by atoms with Gasteiger partial charge in [0.15, 0.2) is 5.84 Å². The average Bonchev–Trinajstić information content (AvgIpc) is 2.41. The first-order chi connectivity index (χ1) is 9.32. The summed E-state index contributed by atoms with van der Waals surface area (Å²) in [5.74, 6) is -0.0904. The average molecular weight is 319 g/mol. The van der Waals surface area contributed by atoms with Crippen LogP contribution in [0.3, 0.4) is 0 Å². The molecule has 1 aromatic rings. The van der Waals surface area contributed by atoms with Gasteiger partial charge in [0.05, 0.1) is 16.2 Å². The number of nitrogens with two attached hydrogens (primary N) is 1. The van der Waals surface area contributed by atoms with E-state index >= 15 is 0 Å². The maximum atomic E-state index is 12.0. The van der Waals surface area contributed by atoms with E-state index < -0.39 is 11.6 Å². The highest BCUT2D eigenvalue weighted by Gasteiger charge is 2.29. The van der Waals surface area contributed by atoms with E-state index in [1.54, 1.807) is 26.0 Å². The molecule has 0 aliphatic heterocycles. The Hall–Kier alpha value is -1.66. The molecule has 1 atom stereocenters. The Kier molecular flexibility index (Phi) is 5.47. The number of hydrogen-bond donors (Lipinski definition) is 4. The SMILES string of the molecule is CCC(C)(NC(=O)Nc1cc(Cl)ccc1Cl)/C(N)=N/O. The summed E-state index contributed by atoms with van der Waals surface area (Å²) in [6.45, 7) is 3.44. The summed E-state index contributed by atoms with van der Waals surface area (Å²) in [7, 11) is 0. The molecule has 0 aliphatic rings. The Labute approximate surface area is 126 Å². The minimum Gasteiger partial charge on any atom is -0.409 e. The molecule has 1 unspecified atom stereocenters. The van der Waals surface area contributed by atoms with E-state index in [-0.39, 0.29) is 5.84 Å². The van der Waals surface area contributed by atoms with Crippen molar-refractivity contribution in [1.29, 1.82) is 0 Å². The fourth-order valence-electron chi connectivity index (χ4n) is 1.44. The van der Waals surface area contributed by atoms with Crippen molar-refractivity contribution in [2.75, 3.05) is 5.32 Å². The van der Waals surface area contributed by atoms with Gasteiger partial charge in [-0.05, 0) is 31.5 Å². The van der Waals surface area contributed by atoms with Gasteiger partial charge in [0.25, 0.3) is 0 Å². The molecule has 8 heteroatoms. The van der Waals surface area contributed by atoms with Gasteiger partial charge in [-0.1, -0.05) is 35.3 Å². The van der Waals surface area contributed by atoms with Crippen molar-refractivity contribution in [2.24, 2.45) is 10.9 Å². The quantitative estimate of drug-likeness (QED) is 0.297. The number of carbonyl (C=O) groups is 1. The highest BCUT2D eigenvalue weighted by atomic mass is 35.5. The molecule has 20 heavy (non-hydrogen) atoms. The number of nitrogens with zero attached hydrogens (tertiary/aromatic N) is 1. The van der Waals surface area contributed by atoms with E-state index in [4.69, 9.17) is 34.1 Å².